The number of halogens is 1. The summed E-state index contributed by atoms with van der Waals surface area (Å²) in [4.78, 5) is 25.6. The molecule has 1 aliphatic carbocycles. The molecule has 9 heteroatoms. The van der Waals surface area contributed by atoms with Crippen molar-refractivity contribution in [1.29, 1.82) is 0 Å². The predicted molar refractivity (Wildman–Crippen MR) is 136 cm³/mol. The molecule has 2 aromatic carbocycles. The van der Waals surface area contributed by atoms with Crippen molar-refractivity contribution in [2.45, 2.75) is 57.3 Å². The average Bonchev–Trinajstić information content (AvgIpc) is 3.48. The second-order valence-corrected chi connectivity index (χ2v) is 10.1. The van der Waals surface area contributed by atoms with E-state index in [1.54, 1.807) is 42.5 Å². The minimum absolute atomic E-state index is 0.0755. The molecule has 0 atom stereocenters. The summed E-state index contributed by atoms with van der Waals surface area (Å²) in [7, 11) is 0. The number of rotatable bonds is 9. The highest BCUT2D eigenvalue weighted by Crippen LogP contribution is 2.27. The summed E-state index contributed by atoms with van der Waals surface area (Å²) < 4.78 is 16.3. The molecule has 184 valence electrons. The Kier molecular flexibility index (Phi) is 8.17. The van der Waals surface area contributed by atoms with E-state index in [9.17, 15) is 14.0 Å². The third kappa shape index (κ3) is 6.28. The number of para-hydroxylation sites is 1. The van der Waals surface area contributed by atoms with E-state index in [2.05, 4.69) is 34.7 Å². The number of hydrogen-bond donors (Lipinski definition) is 2. The molecule has 35 heavy (non-hydrogen) atoms. The van der Waals surface area contributed by atoms with E-state index in [1.807, 2.05) is 4.57 Å². The van der Waals surface area contributed by atoms with E-state index in [-0.39, 0.29) is 35.3 Å². The molecule has 0 unspecified atom stereocenters. The highest BCUT2D eigenvalue weighted by Gasteiger charge is 2.21. The molecule has 0 saturated heterocycles. The highest BCUT2D eigenvalue weighted by molar-refractivity contribution is 7.99. The van der Waals surface area contributed by atoms with Gasteiger partial charge in [0.15, 0.2) is 11.0 Å². The van der Waals surface area contributed by atoms with Gasteiger partial charge in [0.1, 0.15) is 5.82 Å². The van der Waals surface area contributed by atoms with E-state index in [0.717, 1.165) is 25.7 Å². The van der Waals surface area contributed by atoms with Crippen molar-refractivity contribution in [1.82, 2.24) is 20.1 Å². The molecule has 0 aliphatic heterocycles. The van der Waals surface area contributed by atoms with E-state index in [4.69, 9.17) is 0 Å². The number of amides is 2. The van der Waals surface area contributed by atoms with Crippen molar-refractivity contribution in [3.05, 3.63) is 59.9 Å². The van der Waals surface area contributed by atoms with Gasteiger partial charge in [-0.05, 0) is 43.0 Å². The molecule has 1 aromatic heterocycles. The first kappa shape index (κ1) is 24.9. The summed E-state index contributed by atoms with van der Waals surface area (Å²) in [6.07, 6.45) is 4.23. The number of hydrogen-bond acceptors (Lipinski definition) is 5. The van der Waals surface area contributed by atoms with Crippen molar-refractivity contribution in [3.8, 4) is 11.4 Å². The number of aromatic nitrogens is 3. The van der Waals surface area contributed by atoms with Gasteiger partial charge in [-0.25, -0.2) is 4.39 Å². The number of thioether (sulfide) groups is 1. The minimum Gasteiger partial charge on any atom is -0.349 e. The van der Waals surface area contributed by atoms with Crippen LogP contribution in [0, 0.1) is 11.7 Å². The van der Waals surface area contributed by atoms with Crippen LogP contribution in [0.5, 0.6) is 0 Å². The summed E-state index contributed by atoms with van der Waals surface area (Å²) in [6, 6.07) is 13.7. The minimum atomic E-state index is -0.369. The van der Waals surface area contributed by atoms with E-state index >= 15 is 0 Å². The second-order valence-electron chi connectivity index (χ2n) is 9.13. The Balaban J connectivity index is 1.45. The molecular weight excluding hydrogens is 465 g/mol. The lowest BCUT2D eigenvalue weighted by Gasteiger charge is -2.15. The van der Waals surface area contributed by atoms with Crippen LogP contribution >= 0.6 is 11.8 Å². The maximum atomic E-state index is 14.4. The Morgan fingerprint density at radius 2 is 1.80 bits per heavy atom. The summed E-state index contributed by atoms with van der Waals surface area (Å²) in [5.74, 6) is -0.0175. The maximum Gasteiger partial charge on any atom is 0.253 e. The molecule has 4 rings (SSSR count). The molecule has 1 aliphatic rings. The summed E-state index contributed by atoms with van der Waals surface area (Å²) in [5.41, 5.74) is 1.30. The highest BCUT2D eigenvalue weighted by atomic mass is 32.2. The molecule has 2 amide bonds. The van der Waals surface area contributed by atoms with Crippen LogP contribution in [0.4, 0.5) is 10.1 Å². The van der Waals surface area contributed by atoms with Gasteiger partial charge in [-0.1, -0.05) is 62.7 Å². The third-order valence-corrected chi connectivity index (χ3v) is 6.81. The molecule has 2 N–H and O–H groups in total. The number of nitrogens with one attached hydrogen (secondary N) is 2. The lowest BCUT2D eigenvalue weighted by Crippen LogP contribution is -2.33. The van der Waals surface area contributed by atoms with Crippen LogP contribution in [-0.4, -0.2) is 38.4 Å². The van der Waals surface area contributed by atoms with Crippen molar-refractivity contribution in [2.75, 3.05) is 11.1 Å². The lowest BCUT2D eigenvalue weighted by atomic mass is 10.1. The van der Waals surface area contributed by atoms with Crippen LogP contribution in [0.3, 0.4) is 0 Å². The molecule has 3 aromatic rings. The van der Waals surface area contributed by atoms with Crippen LogP contribution in [0.1, 0.15) is 49.9 Å². The SMILES string of the molecule is CC(C)Cn1c(SCC(=O)Nc2ccccc2C(=O)NC2CCCC2)nnc1-c1ccccc1F. The molecule has 7 nitrogen and oxygen atoms in total. The van der Waals surface area contributed by atoms with Gasteiger partial charge in [-0.15, -0.1) is 10.2 Å². The second kappa shape index (κ2) is 11.5. The Morgan fingerprint density at radius 3 is 2.54 bits per heavy atom. The average molecular weight is 496 g/mol. The quantitative estimate of drug-likeness (QED) is 0.401. The van der Waals surface area contributed by atoms with Gasteiger partial charge in [-0.3, -0.25) is 9.59 Å². The van der Waals surface area contributed by atoms with E-state index in [1.165, 1.54) is 17.8 Å². The van der Waals surface area contributed by atoms with Crippen molar-refractivity contribution < 1.29 is 14.0 Å². The van der Waals surface area contributed by atoms with Crippen molar-refractivity contribution in [2.24, 2.45) is 5.92 Å². The monoisotopic (exact) mass is 495 g/mol. The fraction of sp³-hybridized carbons (Fsp3) is 0.385. The normalized spacial score (nSPS) is 13.8. The van der Waals surface area contributed by atoms with Gasteiger partial charge in [0.25, 0.3) is 5.91 Å². The van der Waals surface area contributed by atoms with Crippen LogP contribution in [-0.2, 0) is 11.3 Å². The Bertz CT molecular complexity index is 1190. The summed E-state index contributed by atoms with van der Waals surface area (Å²) in [5, 5.41) is 14.9. The molecule has 0 radical (unpaired) electrons. The Hall–Kier alpha value is -3.20. The first-order valence-corrected chi connectivity index (χ1v) is 12.9. The number of carbonyl (C=O) groups is 2. The van der Waals surface area contributed by atoms with Crippen LogP contribution in [0.15, 0.2) is 53.7 Å². The van der Waals surface area contributed by atoms with Crippen molar-refractivity contribution in [3.63, 3.8) is 0 Å². The van der Waals surface area contributed by atoms with Crippen molar-refractivity contribution >= 4 is 29.3 Å². The molecular formula is C26H30FN5O2S. The zero-order valence-corrected chi connectivity index (χ0v) is 20.8. The van der Waals surface area contributed by atoms with Crippen LogP contribution in [0.2, 0.25) is 0 Å². The summed E-state index contributed by atoms with van der Waals surface area (Å²) >= 11 is 1.23. The Morgan fingerprint density at radius 1 is 1.09 bits per heavy atom. The van der Waals surface area contributed by atoms with Gasteiger partial charge >= 0.3 is 0 Å². The largest absolute Gasteiger partial charge is 0.349 e. The number of anilines is 1. The first-order chi connectivity index (χ1) is 16.9. The Labute approximate surface area is 208 Å². The van der Waals surface area contributed by atoms with E-state index < -0.39 is 0 Å². The topological polar surface area (TPSA) is 88.9 Å². The number of nitrogens with zero attached hydrogens (tertiary/aromatic N) is 3. The van der Waals surface area contributed by atoms with Gasteiger partial charge in [0.05, 0.1) is 22.6 Å². The molecule has 0 bridgehead atoms. The number of benzene rings is 2. The lowest BCUT2D eigenvalue weighted by molar-refractivity contribution is -0.113. The maximum absolute atomic E-state index is 14.4. The van der Waals surface area contributed by atoms with E-state index in [0.29, 0.717) is 34.3 Å². The fourth-order valence-corrected chi connectivity index (χ4v) is 4.95. The predicted octanol–water partition coefficient (Wildman–Crippen LogP) is 5.14. The van der Waals surface area contributed by atoms with Gasteiger partial charge in [-0.2, -0.15) is 0 Å². The molecule has 0 spiro atoms. The molecule has 1 saturated carbocycles. The van der Waals surface area contributed by atoms with Crippen LogP contribution < -0.4 is 10.6 Å². The third-order valence-electron chi connectivity index (χ3n) is 5.85. The zero-order valence-electron chi connectivity index (χ0n) is 20.0. The van der Waals surface area contributed by atoms with Gasteiger partial charge in [0, 0.05) is 12.6 Å². The zero-order chi connectivity index (χ0) is 24.8. The molecule has 1 heterocycles. The van der Waals surface area contributed by atoms with Gasteiger partial charge < -0.3 is 15.2 Å². The van der Waals surface area contributed by atoms with Gasteiger partial charge in [0.2, 0.25) is 5.91 Å². The standard InChI is InChI=1S/C26H30FN5O2S/c1-17(2)15-32-24(19-11-5-7-13-21(19)27)30-31-26(32)35-16-23(33)29-22-14-8-6-12-20(22)25(34)28-18-9-3-4-10-18/h5-8,11-14,17-18H,3-4,9-10,15-16H2,1-2H3,(H,28,34)(H,29,33). The number of carbonyl (C=O) groups excluding carboxylic acids is 2. The smallest absolute Gasteiger partial charge is 0.253 e. The summed E-state index contributed by atoms with van der Waals surface area (Å²) in [6.45, 7) is 4.70. The fourth-order valence-electron chi connectivity index (χ4n) is 4.21. The van der Waals surface area contributed by atoms with Crippen LogP contribution in [0.25, 0.3) is 11.4 Å². The molecule has 1 fully saturated rings. The first-order valence-electron chi connectivity index (χ1n) is 11.9.